The molecule has 128 valence electrons. The van der Waals surface area contributed by atoms with Crippen molar-refractivity contribution in [2.24, 2.45) is 5.92 Å². The number of rotatable bonds is 5. The van der Waals surface area contributed by atoms with Crippen LogP contribution in [-0.2, 0) is 23.0 Å². The van der Waals surface area contributed by atoms with Gasteiger partial charge in [0.2, 0.25) is 10.0 Å². The average Bonchev–Trinajstić information content (AvgIpc) is 2.60. The Morgan fingerprint density at radius 2 is 2.00 bits per heavy atom. The van der Waals surface area contributed by atoms with Crippen LogP contribution in [0.3, 0.4) is 0 Å². The second-order valence-electron chi connectivity index (χ2n) is 6.26. The zero-order chi connectivity index (χ0) is 17.2. The number of benzene rings is 1. The van der Waals surface area contributed by atoms with Crippen LogP contribution in [0.15, 0.2) is 41.7 Å². The Hall–Kier alpha value is -1.99. The van der Waals surface area contributed by atoms with Gasteiger partial charge >= 0.3 is 0 Å². The maximum Gasteiger partial charge on any atom is 0.243 e. The number of sulfonamides is 1. The lowest BCUT2D eigenvalue weighted by Crippen LogP contribution is -2.36. The molecule has 0 amide bonds. The summed E-state index contributed by atoms with van der Waals surface area (Å²) in [5.74, 6) is 1.10. The highest BCUT2D eigenvalue weighted by atomic mass is 32.2. The molecule has 0 spiro atoms. The van der Waals surface area contributed by atoms with Gasteiger partial charge in [0.1, 0.15) is 12.1 Å². The van der Waals surface area contributed by atoms with Crippen molar-refractivity contribution in [1.82, 2.24) is 14.3 Å². The van der Waals surface area contributed by atoms with E-state index in [0.29, 0.717) is 37.8 Å². The summed E-state index contributed by atoms with van der Waals surface area (Å²) in [5.41, 5.74) is 1.79. The quantitative estimate of drug-likeness (QED) is 0.829. The van der Waals surface area contributed by atoms with Crippen molar-refractivity contribution in [1.29, 1.82) is 0 Å². The summed E-state index contributed by atoms with van der Waals surface area (Å²) >= 11 is 0. The third kappa shape index (κ3) is 3.57. The van der Waals surface area contributed by atoms with Crippen LogP contribution in [0.25, 0.3) is 0 Å². The van der Waals surface area contributed by atoms with Crippen molar-refractivity contribution in [3.05, 3.63) is 48.0 Å². The second kappa shape index (κ2) is 6.86. The molecule has 24 heavy (non-hydrogen) atoms. The van der Waals surface area contributed by atoms with Gasteiger partial charge in [-0.05, 0) is 30.2 Å². The van der Waals surface area contributed by atoms with E-state index >= 15 is 0 Å². The van der Waals surface area contributed by atoms with Gasteiger partial charge in [-0.15, -0.1) is 0 Å². The van der Waals surface area contributed by atoms with Gasteiger partial charge in [-0.25, -0.2) is 18.4 Å². The Kier molecular flexibility index (Phi) is 4.82. The van der Waals surface area contributed by atoms with Gasteiger partial charge in [0, 0.05) is 37.0 Å². The summed E-state index contributed by atoms with van der Waals surface area (Å²) < 4.78 is 32.7. The van der Waals surface area contributed by atoms with Gasteiger partial charge in [0.25, 0.3) is 0 Å². The third-order valence-corrected chi connectivity index (χ3v) is 5.73. The van der Waals surface area contributed by atoms with Crippen molar-refractivity contribution in [2.45, 2.75) is 31.7 Å². The van der Waals surface area contributed by atoms with Crippen molar-refractivity contribution in [3.63, 3.8) is 0 Å². The first-order chi connectivity index (χ1) is 11.5. The normalized spacial score (nSPS) is 15.3. The summed E-state index contributed by atoms with van der Waals surface area (Å²) in [4.78, 5) is 8.47. The second-order valence-corrected chi connectivity index (χ2v) is 8.20. The molecular weight excluding hydrogens is 326 g/mol. The number of ether oxygens (including phenoxy) is 1. The van der Waals surface area contributed by atoms with E-state index in [1.807, 2.05) is 0 Å². The average molecular weight is 347 g/mol. The number of hydrogen-bond acceptors (Lipinski definition) is 5. The molecule has 1 aliphatic rings. The highest BCUT2D eigenvalue weighted by molar-refractivity contribution is 7.89. The number of nitrogens with zero attached hydrogens (tertiary/aromatic N) is 3. The lowest BCUT2D eigenvalue weighted by molar-refractivity contribution is 0.271. The van der Waals surface area contributed by atoms with Crippen LogP contribution in [0.4, 0.5) is 0 Å². The van der Waals surface area contributed by atoms with Gasteiger partial charge in [-0.3, -0.25) is 0 Å². The van der Waals surface area contributed by atoms with E-state index in [0.717, 1.165) is 11.3 Å². The smallest absolute Gasteiger partial charge is 0.243 e. The fourth-order valence-corrected chi connectivity index (χ4v) is 3.98. The minimum Gasteiger partial charge on any atom is -0.493 e. The molecule has 0 bridgehead atoms. The zero-order valence-corrected chi connectivity index (χ0v) is 14.7. The molecular formula is C17H21N3O3S. The van der Waals surface area contributed by atoms with Crippen LogP contribution in [0.2, 0.25) is 0 Å². The first-order valence-corrected chi connectivity index (χ1v) is 9.41. The van der Waals surface area contributed by atoms with E-state index in [-0.39, 0.29) is 4.90 Å². The van der Waals surface area contributed by atoms with E-state index in [1.165, 1.54) is 10.6 Å². The van der Waals surface area contributed by atoms with Crippen LogP contribution >= 0.6 is 0 Å². The van der Waals surface area contributed by atoms with Crippen LogP contribution in [0, 0.1) is 5.92 Å². The number of hydrogen-bond donors (Lipinski definition) is 0. The number of fused-ring (bicyclic) bond motifs is 1. The molecule has 0 unspecified atom stereocenters. The maximum atomic E-state index is 12.8. The van der Waals surface area contributed by atoms with Gasteiger partial charge in [-0.2, -0.15) is 4.31 Å². The predicted molar refractivity (Wildman–Crippen MR) is 90.1 cm³/mol. The summed E-state index contributed by atoms with van der Waals surface area (Å²) in [6, 6.07) is 6.61. The third-order valence-electron chi connectivity index (χ3n) is 3.87. The maximum absolute atomic E-state index is 12.8. The molecule has 2 heterocycles. The standard InChI is InChI=1S/C17H21N3O3S/c1-13(2)11-23-15-3-5-16(6-4-15)24(21,22)20-8-7-17-14(10-20)9-18-12-19-17/h3-6,9,12-13H,7-8,10-11H2,1-2H3. The SMILES string of the molecule is CC(C)COc1ccc(S(=O)(=O)N2CCc3ncncc3C2)cc1. The van der Waals surface area contributed by atoms with E-state index < -0.39 is 10.0 Å². The summed E-state index contributed by atoms with van der Waals surface area (Å²) in [7, 11) is -3.53. The molecule has 0 N–H and O–H groups in total. The molecule has 6 nitrogen and oxygen atoms in total. The van der Waals surface area contributed by atoms with Crippen LogP contribution in [0.1, 0.15) is 25.1 Å². The minimum atomic E-state index is -3.53. The van der Waals surface area contributed by atoms with Crippen LogP contribution in [0.5, 0.6) is 5.75 Å². The first-order valence-electron chi connectivity index (χ1n) is 7.97. The fraction of sp³-hybridized carbons (Fsp3) is 0.412. The Bertz CT molecular complexity index is 804. The molecule has 3 rings (SSSR count). The highest BCUT2D eigenvalue weighted by Crippen LogP contribution is 2.25. The molecule has 0 atom stereocenters. The monoisotopic (exact) mass is 347 g/mol. The van der Waals surface area contributed by atoms with Crippen molar-refractivity contribution < 1.29 is 13.2 Å². The lowest BCUT2D eigenvalue weighted by atomic mass is 10.1. The molecule has 1 aromatic carbocycles. The predicted octanol–water partition coefficient (Wildman–Crippen LogP) is 2.26. The zero-order valence-electron chi connectivity index (χ0n) is 13.8. The molecule has 1 aromatic heterocycles. The summed E-state index contributed by atoms with van der Waals surface area (Å²) in [5, 5.41) is 0. The fourth-order valence-electron chi connectivity index (χ4n) is 2.57. The molecule has 0 saturated heterocycles. The Labute approximate surface area is 142 Å². The van der Waals surface area contributed by atoms with Crippen molar-refractivity contribution in [3.8, 4) is 5.75 Å². The summed E-state index contributed by atoms with van der Waals surface area (Å²) in [6.07, 6.45) is 3.79. The molecule has 0 radical (unpaired) electrons. The van der Waals surface area contributed by atoms with Gasteiger partial charge in [0.15, 0.2) is 0 Å². The topological polar surface area (TPSA) is 72.4 Å². The Morgan fingerprint density at radius 3 is 2.71 bits per heavy atom. The molecule has 1 aliphatic heterocycles. The summed E-state index contributed by atoms with van der Waals surface area (Å²) in [6.45, 7) is 5.48. The van der Waals surface area contributed by atoms with Crippen molar-refractivity contribution in [2.75, 3.05) is 13.2 Å². The van der Waals surface area contributed by atoms with E-state index in [4.69, 9.17) is 4.74 Å². The molecule has 7 heteroatoms. The molecule has 0 fully saturated rings. The van der Waals surface area contributed by atoms with E-state index in [1.54, 1.807) is 30.5 Å². The van der Waals surface area contributed by atoms with Gasteiger partial charge in [-0.1, -0.05) is 13.8 Å². The minimum absolute atomic E-state index is 0.277. The highest BCUT2D eigenvalue weighted by Gasteiger charge is 2.28. The van der Waals surface area contributed by atoms with E-state index in [2.05, 4.69) is 23.8 Å². The largest absolute Gasteiger partial charge is 0.493 e. The molecule has 0 aliphatic carbocycles. The molecule has 2 aromatic rings. The van der Waals surface area contributed by atoms with Gasteiger partial charge < -0.3 is 4.74 Å². The molecule has 0 saturated carbocycles. The van der Waals surface area contributed by atoms with Gasteiger partial charge in [0.05, 0.1) is 11.5 Å². The lowest BCUT2D eigenvalue weighted by Gasteiger charge is -2.27. The number of aromatic nitrogens is 2. The van der Waals surface area contributed by atoms with Crippen LogP contribution in [-0.4, -0.2) is 35.8 Å². The van der Waals surface area contributed by atoms with E-state index in [9.17, 15) is 8.42 Å². The Morgan fingerprint density at radius 1 is 1.25 bits per heavy atom. The van der Waals surface area contributed by atoms with Crippen LogP contribution < -0.4 is 4.74 Å². The first kappa shape index (κ1) is 16.9. The Balaban J connectivity index is 1.76. The van der Waals surface area contributed by atoms with Crippen molar-refractivity contribution >= 4 is 10.0 Å².